The Hall–Kier alpha value is -3.12. The smallest absolute Gasteiger partial charge is 0.274 e. The molecule has 0 radical (unpaired) electrons. The van der Waals surface area contributed by atoms with Crippen LogP contribution in [0, 0.1) is 0 Å². The van der Waals surface area contributed by atoms with Crippen LogP contribution in [0.5, 0.6) is 5.75 Å². The lowest BCUT2D eigenvalue weighted by atomic mass is 10.2. The number of hydrogen-bond acceptors (Lipinski definition) is 5. The molecule has 1 aromatic heterocycles. The van der Waals surface area contributed by atoms with Crippen LogP contribution in [0.4, 0.5) is 11.6 Å². The van der Waals surface area contributed by atoms with Gasteiger partial charge in [0.2, 0.25) is 5.95 Å². The molecule has 0 saturated heterocycles. The zero-order valence-electron chi connectivity index (χ0n) is 15.6. The summed E-state index contributed by atoms with van der Waals surface area (Å²) in [6, 6.07) is 16.3. The largest absolute Gasteiger partial charge is 0.489 e. The van der Waals surface area contributed by atoms with E-state index >= 15 is 0 Å². The molecule has 1 amide bonds. The summed E-state index contributed by atoms with van der Waals surface area (Å²) in [6.45, 7) is 4.39. The molecule has 0 aliphatic carbocycles. The standard InChI is InChI=1S/C21H21ClN4O2/c1-14(2)28-19-6-4-3-5-17(19)25-20(27)18-11-12-23-21(26-18)24-13-15-7-9-16(22)10-8-15/h3-12,14H,13H2,1-2H3,(H,25,27)(H,23,24,26). The lowest BCUT2D eigenvalue weighted by Crippen LogP contribution is -2.17. The molecule has 2 aromatic carbocycles. The molecule has 0 aliphatic rings. The van der Waals surface area contributed by atoms with Crippen molar-refractivity contribution in [2.24, 2.45) is 0 Å². The molecule has 0 spiro atoms. The van der Waals surface area contributed by atoms with Gasteiger partial charge in [0.05, 0.1) is 11.8 Å². The summed E-state index contributed by atoms with van der Waals surface area (Å²) in [5.74, 6) is 0.645. The predicted molar refractivity (Wildman–Crippen MR) is 111 cm³/mol. The van der Waals surface area contributed by atoms with Crippen LogP contribution in [0.2, 0.25) is 5.02 Å². The third-order valence-corrected chi connectivity index (χ3v) is 4.00. The van der Waals surface area contributed by atoms with Gasteiger partial charge < -0.3 is 15.4 Å². The van der Waals surface area contributed by atoms with Crippen LogP contribution in [-0.4, -0.2) is 22.0 Å². The number of aromatic nitrogens is 2. The lowest BCUT2D eigenvalue weighted by molar-refractivity contribution is 0.102. The first-order chi connectivity index (χ1) is 13.5. The summed E-state index contributed by atoms with van der Waals surface area (Å²) in [5, 5.41) is 6.63. The number of nitrogens with one attached hydrogen (secondary N) is 2. The van der Waals surface area contributed by atoms with Gasteiger partial charge in [0.1, 0.15) is 11.4 Å². The van der Waals surface area contributed by atoms with Gasteiger partial charge >= 0.3 is 0 Å². The van der Waals surface area contributed by atoms with Crippen molar-refractivity contribution in [1.29, 1.82) is 0 Å². The fraction of sp³-hybridized carbons (Fsp3) is 0.190. The highest BCUT2D eigenvalue weighted by Crippen LogP contribution is 2.25. The number of amides is 1. The molecule has 0 atom stereocenters. The normalized spacial score (nSPS) is 10.6. The molecule has 28 heavy (non-hydrogen) atoms. The molecular weight excluding hydrogens is 376 g/mol. The maximum absolute atomic E-state index is 12.6. The molecule has 2 N–H and O–H groups in total. The van der Waals surface area contributed by atoms with E-state index in [4.69, 9.17) is 16.3 Å². The molecule has 0 fully saturated rings. The average molecular weight is 397 g/mol. The lowest BCUT2D eigenvalue weighted by Gasteiger charge is -2.14. The number of para-hydroxylation sites is 2. The number of rotatable bonds is 7. The molecule has 3 aromatic rings. The predicted octanol–water partition coefficient (Wildman–Crippen LogP) is 4.78. The van der Waals surface area contributed by atoms with Crippen molar-refractivity contribution in [2.75, 3.05) is 10.6 Å². The van der Waals surface area contributed by atoms with Crippen LogP contribution in [0.1, 0.15) is 29.9 Å². The number of carbonyl (C=O) groups is 1. The number of anilines is 2. The van der Waals surface area contributed by atoms with E-state index in [1.54, 1.807) is 18.3 Å². The van der Waals surface area contributed by atoms with Gasteiger partial charge in [0.25, 0.3) is 5.91 Å². The van der Waals surface area contributed by atoms with Crippen molar-refractivity contribution in [3.63, 3.8) is 0 Å². The summed E-state index contributed by atoms with van der Waals surface area (Å²) in [7, 11) is 0. The molecule has 0 aliphatic heterocycles. The van der Waals surface area contributed by atoms with Crippen LogP contribution in [0.25, 0.3) is 0 Å². The van der Waals surface area contributed by atoms with Gasteiger partial charge in [-0.15, -0.1) is 0 Å². The minimum Gasteiger partial charge on any atom is -0.489 e. The van der Waals surface area contributed by atoms with Gasteiger partial charge in [-0.25, -0.2) is 9.97 Å². The quantitative estimate of drug-likeness (QED) is 0.601. The van der Waals surface area contributed by atoms with Gasteiger partial charge in [-0.3, -0.25) is 4.79 Å². The van der Waals surface area contributed by atoms with Crippen LogP contribution in [-0.2, 0) is 6.54 Å². The molecule has 1 heterocycles. The number of halogens is 1. The number of ether oxygens (including phenoxy) is 1. The Labute approximate surface area is 168 Å². The Morgan fingerprint density at radius 2 is 1.86 bits per heavy atom. The second-order valence-electron chi connectivity index (χ2n) is 6.36. The Balaban J connectivity index is 1.68. The van der Waals surface area contributed by atoms with Gasteiger partial charge in [0, 0.05) is 17.8 Å². The number of benzene rings is 2. The third-order valence-electron chi connectivity index (χ3n) is 3.75. The van der Waals surface area contributed by atoms with Crippen molar-refractivity contribution >= 4 is 29.1 Å². The van der Waals surface area contributed by atoms with E-state index in [1.165, 1.54) is 0 Å². The van der Waals surface area contributed by atoms with Crippen molar-refractivity contribution in [3.05, 3.63) is 77.1 Å². The van der Waals surface area contributed by atoms with E-state index in [0.717, 1.165) is 5.56 Å². The minimum atomic E-state index is -0.336. The van der Waals surface area contributed by atoms with Crippen LogP contribution in [0.3, 0.4) is 0 Å². The zero-order chi connectivity index (χ0) is 19.9. The summed E-state index contributed by atoms with van der Waals surface area (Å²) in [6.07, 6.45) is 1.54. The van der Waals surface area contributed by atoms with Gasteiger partial charge in [-0.05, 0) is 49.7 Å². The monoisotopic (exact) mass is 396 g/mol. The Morgan fingerprint density at radius 3 is 2.61 bits per heavy atom. The maximum Gasteiger partial charge on any atom is 0.274 e. The SMILES string of the molecule is CC(C)Oc1ccccc1NC(=O)c1ccnc(NCc2ccc(Cl)cc2)n1. The van der Waals surface area contributed by atoms with Crippen LogP contribution < -0.4 is 15.4 Å². The minimum absolute atomic E-state index is 0.000716. The van der Waals surface area contributed by atoms with Crippen LogP contribution >= 0.6 is 11.6 Å². The Kier molecular flexibility index (Phi) is 6.45. The molecule has 0 unspecified atom stereocenters. The second kappa shape index (κ2) is 9.19. The van der Waals surface area contributed by atoms with Crippen LogP contribution in [0.15, 0.2) is 60.8 Å². The van der Waals surface area contributed by atoms with Crippen molar-refractivity contribution in [3.8, 4) is 5.75 Å². The fourth-order valence-corrected chi connectivity index (χ4v) is 2.59. The van der Waals surface area contributed by atoms with E-state index < -0.39 is 0 Å². The van der Waals surface area contributed by atoms with Gasteiger partial charge in [-0.1, -0.05) is 35.9 Å². The topological polar surface area (TPSA) is 76.1 Å². The molecular formula is C21H21ClN4O2. The van der Waals surface area contributed by atoms with E-state index in [0.29, 0.717) is 29.0 Å². The molecule has 0 bridgehead atoms. The number of carbonyl (C=O) groups excluding carboxylic acids is 1. The Morgan fingerprint density at radius 1 is 1.11 bits per heavy atom. The first kappa shape index (κ1) is 19.6. The van der Waals surface area contributed by atoms with E-state index in [2.05, 4.69) is 20.6 Å². The van der Waals surface area contributed by atoms with Crippen molar-refractivity contribution < 1.29 is 9.53 Å². The highest BCUT2D eigenvalue weighted by molar-refractivity contribution is 6.30. The van der Waals surface area contributed by atoms with Crippen molar-refractivity contribution in [1.82, 2.24) is 9.97 Å². The van der Waals surface area contributed by atoms with Gasteiger partial charge in [-0.2, -0.15) is 0 Å². The number of nitrogens with zero attached hydrogens (tertiary/aromatic N) is 2. The first-order valence-corrected chi connectivity index (χ1v) is 9.27. The Bertz CT molecular complexity index is 945. The summed E-state index contributed by atoms with van der Waals surface area (Å²) >= 11 is 5.89. The first-order valence-electron chi connectivity index (χ1n) is 8.89. The van der Waals surface area contributed by atoms with E-state index in [-0.39, 0.29) is 17.7 Å². The third kappa shape index (κ3) is 5.44. The average Bonchev–Trinajstić information content (AvgIpc) is 2.69. The van der Waals surface area contributed by atoms with E-state index in [1.807, 2.05) is 56.3 Å². The molecule has 144 valence electrons. The molecule has 3 rings (SSSR count). The highest BCUT2D eigenvalue weighted by Gasteiger charge is 2.13. The summed E-state index contributed by atoms with van der Waals surface area (Å²) < 4.78 is 5.73. The molecule has 7 heteroatoms. The van der Waals surface area contributed by atoms with Gasteiger partial charge in [0.15, 0.2) is 0 Å². The molecule has 6 nitrogen and oxygen atoms in total. The number of hydrogen-bond donors (Lipinski definition) is 2. The van der Waals surface area contributed by atoms with E-state index in [9.17, 15) is 4.79 Å². The maximum atomic E-state index is 12.6. The molecule has 0 saturated carbocycles. The fourth-order valence-electron chi connectivity index (χ4n) is 2.47. The second-order valence-corrected chi connectivity index (χ2v) is 6.80. The van der Waals surface area contributed by atoms with Crippen molar-refractivity contribution in [2.45, 2.75) is 26.5 Å². The zero-order valence-corrected chi connectivity index (χ0v) is 16.4. The summed E-state index contributed by atoms with van der Waals surface area (Å²) in [4.78, 5) is 21.1. The highest BCUT2D eigenvalue weighted by atomic mass is 35.5. The summed E-state index contributed by atoms with van der Waals surface area (Å²) in [5.41, 5.74) is 1.88.